The van der Waals surface area contributed by atoms with Gasteiger partial charge in [-0.3, -0.25) is 13.9 Å². The van der Waals surface area contributed by atoms with Gasteiger partial charge in [-0.15, -0.1) is 0 Å². The molecular weight excluding hydrogens is 505 g/mol. The highest BCUT2D eigenvalue weighted by Gasteiger charge is 2.33. The van der Waals surface area contributed by atoms with Gasteiger partial charge in [0.15, 0.2) is 0 Å². The molecule has 10 heteroatoms. The quantitative estimate of drug-likeness (QED) is 0.449. The maximum atomic E-state index is 14.4. The van der Waals surface area contributed by atoms with Gasteiger partial charge in [0.1, 0.15) is 18.4 Å². The van der Waals surface area contributed by atoms with Gasteiger partial charge >= 0.3 is 0 Å². The Hall–Kier alpha value is -3.43. The number of amides is 2. The fourth-order valence-electron chi connectivity index (χ4n) is 3.73. The van der Waals surface area contributed by atoms with Crippen molar-refractivity contribution in [2.75, 3.05) is 17.9 Å². The van der Waals surface area contributed by atoms with E-state index in [0.29, 0.717) is 10.6 Å². The molecule has 0 aliphatic rings. The largest absolute Gasteiger partial charge is 0.357 e. The summed E-state index contributed by atoms with van der Waals surface area (Å²) in [5.41, 5.74) is 0.992. The van der Waals surface area contributed by atoms with Gasteiger partial charge in [-0.1, -0.05) is 48.0 Å². The van der Waals surface area contributed by atoms with Crippen LogP contribution in [-0.2, 0) is 26.2 Å². The van der Waals surface area contributed by atoms with Gasteiger partial charge in [0.05, 0.1) is 10.6 Å². The molecule has 7 nitrogen and oxygen atoms in total. The normalized spacial score (nSPS) is 12.0. The number of benzene rings is 3. The molecule has 0 heterocycles. The summed E-state index contributed by atoms with van der Waals surface area (Å²) in [6.07, 6.45) is 0. The molecule has 3 rings (SSSR count). The molecule has 0 radical (unpaired) electrons. The molecule has 1 N–H and O–H groups in total. The summed E-state index contributed by atoms with van der Waals surface area (Å²) in [6, 6.07) is 17.3. The van der Waals surface area contributed by atoms with Gasteiger partial charge in [-0.2, -0.15) is 0 Å². The highest BCUT2D eigenvalue weighted by molar-refractivity contribution is 7.92. The number of aryl methyl sites for hydroxylation is 1. The van der Waals surface area contributed by atoms with Crippen LogP contribution >= 0.6 is 11.6 Å². The third kappa shape index (κ3) is 6.03. The van der Waals surface area contributed by atoms with Gasteiger partial charge in [0, 0.05) is 24.2 Å². The molecule has 0 aromatic heterocycles. The van der Waals surface area contributed by atoms with E-state index in [1.165, 1.54) is 56.4 Å². The van der Waals surface area contributed by atoms with E-state index < -0.39 is 40.2 Å². The Labute approximate surface area is 215 Å². The molecule has 0 aliphatic carbocycles. The maximum Gasteiger partial charge on any atom is 0.264 e. The van der Waals surface area contributed by atoms with Crippen LogP contribution in [0.15, 0.2) is 77.7 Å². The summed E-state index contributed by atoms with van der Waals surface area (Å²) in [5, 5.41) is 2.89. The standard InChI is InChI=1S/C26H27ClFN3O4S/c1-18-15-21(27)13-14-24(18)31(36(34,35)22-10-5-4-6-11-22)17-25(32)30(19(2)26(33)29-3)16-20-9-7-8-12-23(20)28/h4-15,19H,16-17H2,1-3H3,(H,29,33)/t19-/m1/s1. The Morgan fingerprint density at radius 2 is 1.67 bits per heavy atom. The third-order valence-corrected chi connectivity index (χ3v) is 7.76. The van der Waals surface area contributed by atoms with Gasteiger partial charge in [-0.25, -0.2) is 12.8 Å². The highest BCUT2D eigenvalue weighted by atomic mass is 35.5. The van der Waals surface area contributed by atoms with Crippen LogP contribution < -0.4 is 9.62 Å². The molecule has 0 spiro atoms. The molecule has 0 saturated heterocycles. The van der Waals surface area contributed by atoms with Crippen LogP contribution in [0.4, 0.5) is 10.1 Å². The molecular formula is C26H27ClFN3O4S. The van der Waals surface area contributed by atoms with Crippen LogP contribution in [0.1, 0.15) is 18.1 Å². The fourth-order valence-corrected chi connectivity index (χ4v) is 5.46. The lowest BCUT2D eigenvalue weighted by molar-refractivity contribution is -0.139. The Morgan fingerprint density at radius 3 is 2.28 bits per heavy atom. The second kappa shape index (κ2) is 11.5. The zero-order chi connectivity index (χ0) is 26.5. The number of sulfonamides is 1. The number of nitrogens with zero attached hydrogens (tertiary/aromatic N) is 2. The fraction of sp³-hybridized carbons (Fsp3) is 0.231. The Morgan fingerprint density at radius 1 is 1.03 bits per heavy atom. The average Bonchev–Trinajstić information content (AvgIpc) is 2.86. The van der Waals surface area contributed by atoms with Gasteiger partial charge in [-0.05, 0) is 55.8 Å². The molecule has 0 fully saturated rings. The summed E-state index contributed by atoms with van der Waals surface area (Å²) >= 11 is 6.08. The van der Waals surface area contributed by atoms with Crippen molar-refractivity contribution in [3.63, 3.8) is 0 Å². The van der Waals surface area contributed by atoms with Crippen LogP contribution in [0.3, 0.4) is 0 Å². The minimum Gasteiger partial charge on any atom is -0.357 e. The molecule has 0 saturated carbocycles. The van der Waals surface area contributed by atoms with Crippen molar-refractivity contribution in [3.05, 3.63) is 94.8 Å². The Kier molecular flexibility index (Phi) is 8.70. The predicted molar refractivity (Wildman–Crippen MR) is 138 cm³/mol. The van der Waals surface area contributed by atoms with Crippen molar-refractivity contribution < 1.29 is 22.4 Å². The lowest BCUT2D eigenvalue weighted by Crippen LogP contribution is -2.51. The molecule has 3 aromatic carbocycles. The number of anilines is 1. The predicted octanol–water partition coefficient (Wildman–Crippen LogP) is 4.15. The van der Waals surface area contributed by atoms with Crippen molar-refractivity contribution in [2.24, 2.45) is 0 Å². The minimum atomic E-state index is -4.18. The number of nitrogens with one attached hydrogen (secondary N) is 1. The Bertz CT molecular complexity index is 1350. The van der Waals surface area contributed by atoms with E-state index in [-0.39, 0.29) is 22.7 Å². The number of carbonyl (C=O) groups is 2. The first-order valence-corrected chi connectivity index (χ1v) is 13.0. The molecule has 190 valence electrons. The van der Waals surface area contributed by atoms with Crippen LogP contribution in [0.5, 0.6) is 0 Å². The highest BCUT2D eigenvalue weighted by Crippen LogP contribution is 2.29. The first-order valence-electron chi connectivity index (χ1n) is 11.1. The van der Waals surface area contributed by atoms with Gasteiger partial charge in [0.2, 0.25) is 11.8 Å². The van der Waals surface area contributed by atoms with Crippen molar-refractivity contribution in [1.29, 1.82) is 0 Å². The van der Waals surface area contributed by atoms with E-state index in [1.807, 2.05) is 0 Å². The first-order chi connectivity index (χ1) is 17.1. The first kappa shape index (κ1) is 27.2. The Balaban J connectivity index is 2.07. The molecule has 3 aromatic rings. The topological polar surface area (TPSA) is 86.8 Å². The molecule has 36 heavy (non-hydrogen) atoms. The van der Waals surface area contributed by atoms with Crippen LogP contribution in [0.2, 0.25) is 5.02 Å². The number of hydrogen-bond donors (Lipinski definition) is 1. The molecule has 0 unspecified atom stereocenters. The van der Waals surface area contributed by atoms with E-state index in [4.69, 9.17) is 11.6 Å². The SMILES string of the molecule is CNC(=O)[C@@H](C)N(Cc1ccccc1F)C(=O)CN(c1ccc(Cl)cc1C)S(=O)(=O)c1ccccc1. The number of carbonyl (C=O) groups excluding carboxylic acids is 2. The van der Waals surface area contributed by atoms with Crippen LogP contribution in [-0.4, -0.2) is 44.8 Å². The van der Waals surface area contributed by atoms with Crippen LogP contribution in [0, 0.1) is 12.7 Å². The summed E-state index contributed by atoms with van der Waals surface area (Å²) in [4.78, 5) is 27.3. The smallest absolute Gasteiger partial charge is 0.264 e. The van der Waals surface area contributed by atoms with Crippen molar-refractivity contribution in [1.82, 2.24) is 10.2 Å². The van der Waals surface area contributed by atoms with E-state index in [9.17, 15) is 22.4 Å². The average molecular weight is 532 g/mol. The monoisotopic (exact) mass is 531 g/mol. The van der Waals surface area contributed by atoms with Crippen molar-refractivity contribution in [3.8, 4) is 0 Å². The summed E-state index contributed by atoms with van der Waals surface area (Å²) in [5.74, 6) is -1.69. The lowest BCUT2D eigenvalue weighted by atomic mass is 10.1. The zero-order valence-corrected chi connectivity index (χ0v) is 21.7. The van der Waals surface area contributed by atoms with E-state index >= 15 is 0 Å². The second-order valence-electron chi connectivity index (χ2n) is 8.16. The second-order valence-corrected chi connectivity index (χ2v) is 10.5. The summed E-state index contributed by atoms with van der Waals surface area (Å²) in [6.45, 7) is 2.35. The van der Waals surface area contributed by atoms with Crippen LogP contribution in [0.25, 0.3) is 0 Å². The summed E-state index contributed by atoms with van der Waals surface area (Å²) in [7, 11) is -2.76. The van der Waals surface area contributed by atoms with E-state index in [2.05, 4.69) is 5.32 Å². The van der Waals surface area contributed by atoms with E-state index in [0.717, 1.165) is 9.21 Å². The zero-order valence-electron chi connectivity index (χ0n) is 20.1. The molecule has 1 atom stereocenters. The van der Waals surface area contributed by atoms with Crippen molar-refractivity contribution in [2.45, 2.75) is 31.3 Å². The third-order valence-electron chi connectivity index (χ3n) is 5.75. The lowest BCUT2D eigenvalue weighted by Gasteiger charge is -2.32. The van der Waals surface area contributed by atoms with E-state index in [1.54, 1.807) is 37.3 Å². The minimum absolute atomic E-state index is 0.00727. The molecule has 0 aliphatic heterocycles. The number of likely N-dealkylation sites (N-methyl/N-ethyl adjacent to an activating group) is 1. The number of rotatable bonds is 9. The molecule has 0 bridgehead atoms. The maximum absolute atomic E-state index is 14.4. The van der Waals surface area contributed by atoms with Gasteiger partial charge in [0.25, 0.3) is 10.0 Å². The summed E-state index contributed by atoms with van der Waals surface area (Å²) < 4.78 is 42.8. The van der Waals surface area contributed by atoms with Crippen molar-refractivity contribution >= 4 is 39.1 Å². The molecule has 2 amide bonds. The number of halogens is 2. The number of hydrogen-bond acceptors (Lipinski definition) is 4. The van der Waals surface area contributed by atoms with Gasteiger partial charge < -0.3 is 10.2 Å².